The summed E-state index contributed by atoms with van der Waals surface area (Å²) in [5.74, 6) is -0.755. The zero-order valence-electron chi connectivity index (χ0n) is 16.1. The monoisotopic (exact) mass is 368 g/mol. The number of likely N-dealkylation sites (tertiary alicyclic amines) is 1. The van der Waals surface area contributed by atoms with Crippen molar-refractivity contribution in [2.75, 3.05) is 13.1 Å². The molecule has 1 heterocycles. The van der Waals surface area contributed by atoms with Gasteiger partial charge in [0.25, 0.3) is 0 Å². The molecule has 0 aromatic heterocycles. The number of rotatable bonds is 4. The summed E-state index contributed by atoms with van der Waals surface area (Å²) in [6, 6.07) is -0.192. The number of carboxylic acids is 1. The number of carboxylic acid groups (broad SMARTS) is 1. The molecule has 2 aliphatic rings. The van der Waals surface area contributed by atoms with Crippen molar-refractivity contribution >= 4 is 18.0 Å². The summed E-state index contributed by atoms with van der Waals surface area (Å²) in [5, 5.41) is 11.8. The van der Waals surface area contributed by atoms with Gasteiger partial charge in [-0.05, 0) is 52.4 Å². The number of ether oxygens (including phenoxy) is 1. The second-order valence-electron chi connectivity index (χ2n) is 8.51. The first kappa shape index (κ1) is 20.5. The van der Waals surface area contributed by atoms with Gasteiger partial charge >= 0.3 is 12.1 Å². The van der Waals surface area contributed by atoms with Crippen molar-refractivity contribution in [1.29, 1.82) is 0 Å². The summed E-state index contributed by atoms with van der Waals surface area (Å²) in [6.07, 6.45) is 4.70. The molecule has 2 atom stereocenters. The van der Waals surface area contributed by atoms with Gasteiger partial charge in [-0.1, -0.05) is 12.8 Å². The molecule has 0 spiro atoms. The van der Waals surface area contributed by atoms with E-state index in [0.29, 0.717) is 13.1 Å². The Kier molecular flexibility index (Phi) is 6.89. The van der Waals surface area contributed by atoms with Gasteiger partial charge in [0.15, 0.2) is 0 Å². The fourth-order valence-corrected chi connectivity index (χ4v) is 3.90. The number of carbonyl (C=O) groups is 3. The van der Waals surface area contributed by atoms with Gasteiger partial charge in [-0.25, -0.2) is 4.79 Å². The van der Waals surface area contributed by atoms with Crippen molar-refractivity contribution in [2.45, 2.75) is 77.4 Å². The predicted octanol–water partition coefficient (Wildman–Crippen LogP) is 2.78. The molecule has 7 nitrogen and oxygen atoms in total. The largest absolute Gasteiger partial charge is 0.481 e. The Balaban J connectivity index is 1.91. The van der Waals surface area contributed by atoms with Crippen molar-refractivity contribution in [1.82, 2.24) is 10.2 Å². The molecule has 26 heavy (non-hydrogen) atoms. The molecule has 148 valence electrons. The molecule has 2 N–H and O–H groups in total. The van der Waals surface area contributed by atoms with E-state index in [0.717, 1.165) is 38.5 Å². The molecule has 1 saturated carbocycles. The molecule has 0 bridgehead atoms. The highest BCUT2D eigenvalue weighted by molar-refractivity contribution is 5.81. The molecule has 2 rings (SSSR count). The van der Waals surface area contributed by atoms with Gasteiger partial charge in [0, 0.05) is 25.6 Å². The van der Waals surface area contributed by atoms with Crippen molar-refractivity contribution in [3.63, 3.8) is 0 Å². The number of piperidine rings is 1. The van der Waals surface area contributed by atoms with Crippen molar-refractivity contribution in [2.24, 2.45) is 11.8 Å². The van der Waals surface area contributed by atoms with E-state index in [-0.39, 0.29) is 30.2 Å². The molecule has 0 aromatic carbocycles. The quantitative estimate of drug-likeness (QED) is 0.795. The number of hydrogen-bond acceptors (Lipinski definition) is 4. The van der Waals surface area contributed by atoms with Crippen LogP contribution in [0.5, 0.6) is 0 Å². The Morgan fingerprint density at radius 1 is 1.08 bits per heavy atom. The lowest BCUT2D eigenvalue weighted by Crippen LogP contribution is -2.51. The lowest BCUT2D eigenvalue weighted by Gasteiger charge is -2.38. The number of carbonyl (C=O) groups excluding carboxylic acids is 2. The van der Waals surface area contributed by atoms with Crippen LogP contribution >= 0.6 is 0 Å². The SMILES string of the molecule is CC(C)(C)OC(=O)NC1CCCCC1C(=O)N1CCC(CC(=O)O)CC1. The molecule has 2 unspecified atom stereocenters. The van der Waals surface area contributed by atoms with Crippen molar-refractivity contribution < 1.29 is 24.2 Å². The van der Waals surface area contributed by atoms with Crippen LogP contribution in [0.25, 0.3) is 0 Å². The fraction of sp³-hybridized carbons (Fsp3) is 0.842. The zero-order valence-corrected chi connectivity index (χ0v) is 16.1. The lowest BCUT2D eigenvalue weighted by molar-refractivity contribution is -0.140. The second-order valence-corrected chi connectivity index (χ2v) is 8.51. The van der Waals surface area contributed by atoms with E-state index in [9.17, 15) is 14.4 Å². The van der Waals surface area contributed by atoms with Crippen LogP contribution in [0.3, 0.4) is 0 Å². The van der Waals surface area contributed by atoms with Crippen LogP contribution in [0.1, 0.15) is 65.7 Å². The van der Waals surface area contributed by atoms with Crippen LogP contribution in [-0.2, 0) is 14.3 Å². The van der Waals surface area contributed by atoms with E-state index in [4.69, 9.17) is 9.84 Å². The van der Waals surface area contributed by atoms with Crippen LogP contribution in [0.15, 0.2) is 0 Å². The van der Waals surface area contributed by atoms with Gasteiger partial charge in [0.2, 0.25) is 5.91 Å². The predicted molar refractivity (Wildman–Crippen MR) is 96.7 cm³/mol. The van der Waals surface area contributed by atoms with Gasteiger partial charge in [0.05, 0.1) is 5.92 Å². The molecule has 1 aliphatic carbocycles. The first-order valence-electron chi connectivity index (χ1n) is 9.66. The van der Waals surface area contributed by atoms with Crippen LogP contribution in [0, 0.1) is 11.8 Å². The third kappa shape index (κ3) is 6.18. The molecule has 2 amide bonds. The van der Waals surface area contributed by atoms with Crippen LogP contribution in [0.4, 0.5) is 4.79 Å². The third-order valence-electron chi connectivity index (χ3n) is 5.17. The van der Waals surface area contributed by atoms with Gasteiger partial charge in [0.1, 0.15) is 5.60 Å². The van der Waals surface area contributed by atoms with Crippen LogP contribution in [0.2, 0.25) is 0 Å². The Morgan fingerprint density at radius 2 is 1.69 bits per heavy atom. The number of nitrogens with zero attached hydrogens (tertiary/aromatic N) is 1. The lowest BCUT2D eigenvalue weighted by atomic mass is 9.82. The van der Waals surface area contributed by atoms with Crippen LogP contribution in [-0.4, -0.2) is 52.7 Å². The topological polar surface area (TPSA) is 95.9 Å². The minimum absolute atomic E-state index is 0.0829. The molecular weight excluding hydrogens is 336 g/mol. The average molecular weight is 368 g/mol. The third-order valence-corrected chi connectivity index (χ3v) is 5.17. The summed E-state index contributed by atoms with van der Waals surface area (Å²) in [5.41, 5.74) is -0.565. The van der Waals surface area contributed by atoms with Crippen molar-refractivity contribution in [3.8, 4) is 0 Å². The molecule has 1 aliphatic heterocycles. The number of alkyl carbamates (subject to hydrolysis) is 1. The number of amides is 2. The summed E-state index contributed by atoms with van der Waals surface area (Å²) < 4.78 is 5.33. The Bertz CT molecular complexity index is 521. The summed E-state index contributed by atoms with van der Waals surface area (Å²) in [6.45, 7) is 6.66. The molecule has 0 radical (unpaired) electrons. The van der Waals surface area contributed by atoms with Gasteiger partial charge in [-0.3, -0.25) is 9.59 Å². The maximum Gasteiger partial charge on any atom is 0.407 e. The fourth-order valence-electron chi connectivity index (χ4n) is 3.90. The first-order valence-corrected chi connectivity index (χ1v) is 9.66. The summed E-state index contributed by atoms with van der Waals surface area (Å²) in [7, 11) is 0. The number of hydrogen-bond donors (Lipinski definition) is 2. The molecule has 0 aromatic rings. The highest BCUT2D eigenvalue weighted by Crippen LogP contribution is 2.29. The van der Waals surface area contributed by atoms with E-state index >= 15 is 0 Å². The number of nitrogens with one attached hydrogen (secondary N) is 1. The van der Waals surface area contributed by atoms with Gasteiger partial charge in [-0.2, -0.15) is 0 Å². The van der Waals surface area contributed by atoms with E-state index in [2.05, 4.69) is 5.32 Å². The van der Waals surface area contributed by atoms with E-state index < -0.39 is 17.7 Å². The maximum absolute atomic E-state index is 13.0. The van der Waals surface area contributed by atoms with Gasteiger partial charge in [-0.15, -0.1) is 0 Å². The smallest absolute Gasteiger partial charge is 0.407 e. The summed E-state index contributed by atoms with van der Waals surface area (Å²) >= 11 is 0. The average Bonchev–Trinajstić information content (AvgIpc) is 2.53. The standard InChI is InChI=1S/C19H32N2O5/c1-19(2,3)26-18(25)20-15-7-5-4-6-14(15)17(24)21-10-8-13(9-11-21)12-16(22)23/h13-15H,4-12H2,1-3H3,(H,20,25)(H,22,23). The van der Waals surface area contributed by atoms with E-state index in [1.165, 1.54) is 0 Å². The molecule has 2 fully saturated rings. The Labute approximate surface area is 155 Å². The highest BCUT2D eigenvalue weighted by Gasteiger charge is 2.36. The minimum Gasteiger partial charge on any atom is -0.481 e. The molecule has 7 heteroatoms. The first-order chi connectivity index (χ1) is 12.2. The second kappa shape index (κ2) is 8.73. The number of aliphatic carboxylic acids is 1. The minimum atomic E-state index is -0.774. The highest BCUT2D eigenvalue weighted by atomic mass is 16.6. The van der Waals surface area contributed by atoms with E-state index in [1.807, 2.05) is 25.7 Å². The van der Waals surface area contributed by atoms with Crippen LogP contribution < -0.4 is 5.32 Å². The maximum atomic E-state index is 13.0. The molecule has 1 saturated heterocycles. The normalized spacial score (nSPS) is 24.8. The van der Waals surface area contributed by atoms with Gasteiger partial charge < -0.3 is 20.1 Å². The zero-order chi connectivity index (χ0) is 19.3. The summed E-state index contributed by atoms with van der Waals surface area (Å²) in [4.78, 5) is 37.8. The Morgan fingerprint density at radius 3 is 2.27 bits per heavy atom. The Hall–Kier alpha value is -1.79. The van der Waals surface area contributed by atoms with Crippen molar-refractivity contribution in [3.05, 3.63) is 0 Å². The molecular formula is C19H32N2O5. The van der Waals surface area contributed by atoms with E-state index in [1.54, 1.807) is 0 Å².